The molecule has 3 rings (SSSR count). The first-order chi connectivity index (χ1) is 13.3. The molecule has 0 bridgehead atoms. The summed E-state index contributed by atoms with van der Waals surface area (Å²) in [7, 11) is 0. The summed E-state index contributed by atoms with van der Waals surface area (Å²) in [6.07, 6.45) is 0.429. The van der Waals surface area contributed by atoms with Crippen LogP contribution in [0.25, 0.3) is 0 Å². The molecule has 1 aliphatic heterocycles. The lowest BCUT2D eigenvalue weighted by Gasteiger charge is -2.30. The van der Waals surface area contributed by atoms with Crippen LogP contribution in [-0.2, 0) is 11.2 Å². The molecule has 0 radical (unpaired) electrons. The van der Waals surface area contributed by atoms with E-state index in [-0.39, 0.29) is 11.9 Å². The van der Waals surface area contributed by atoms with Gasteiger partial charge in [0.15, 0.2) is 0 Å². The molecule has 7 heteroatoms. The molecule has 1 atom stereocenters. The molecular formula is C21H23ClN2O4. The zero-order valence-corrected chi connectivity index (χ0v) is 16.6. The number of aryl methyl sites for hydroxylation is 1. The standard InChI is InChI=1S/C21H23ClN2O4/c1-21(2)24(20(26)27)18(13-28-21)12-5-14-3-10-17(11-4-14)23-19(25)15-6-8-16(22)9-7-15/h3-4,6-11,18H,5,12-13H2,1-2H3,(H,23,25)(H,26,27)/t18-/m0/s1. The van der Waals surface area contributed by atoms with Crippen LogP contribution < -0.4 is 5.32 Å². The van der Waals surface area contributed by atoms with Gasteiger partial charge in [0.1, 0.15) is 5.72 Å². The smallest absolute Gasteiger partial charge is 0.409 e. The second kappa shape index (κ2) is 8.20. The van der Waals surface area contributed by atoms with E-state index in [0.717, 1.165) is 12.0 Å². The number of rotatable bonds is 5. The molecule has 1 fully saturated rings. The largest absolute Gasteiger partial charge is 0.465 e. The van der Waals surface area contributed by atoms with Crippen LogP contribution in [0.2, 0.25) is 5.02 Å². The van der Waals surface area contributed by atoms with Gasteiger partial charge in [0.25, 0.3) is 5.91 Å². The summed E-state index contributed by atoms with van der Waals surface area (Å²) >= 11 is 5.84. The van der Waals surface area contributed by atoms with Crippen LogP contribution in [0.4, 0.5) is 10.5 Å². The summed E-state index contributed by atoms with van der Waals surface area (Å²) < 4.78 is 5.62. The molecule has 1 saturated heterocycles. The minimum atomic E-state index is -0.965. The van der Waals surface area contributed by atoms with E-state index in [1.807, 2.05) is 24.3 Å². The molecule has 2 aromatic rings. The molecule has 2 aromatic carbocycles. The van der Waals surface area contributed by atoms with E-state index in [0.29, 0.717) is 29.3 Å². The fourth-order valence-corrected chi connectivity index (χ4v) is 3.50. The number of halogens is 1. The topological polar surface area (TPSA) is 78.9 Å². The van der Waals surface area contributed by atoms with Crippen LogP contribution in [0, 0.1) is 0 Å². The van der Waals surface area contributed by atoms with Gasteiger partial charge in [-0.2, -0.15) is 0 Å². The Hall–Kier alpha value is -2.57. The Kier molecular flexibility index (Phi) is 5.91. The summed E-state index contributed by atoms with van der Waals surface area (Å²) in [6.45, 7) is 3.92. The van der Waals surface area contributed by atoms with Crippen molar-refractivity contribution in [2.75, 3.05) is 11.9 Å². The van der Waals surface area contributed by atoms with Gasteiger partial charge in [-0.15, -0.1) is 0 Å². The highest BCUT2D eigenvalue weighted by molar-refractivity contribution is 6.30. The van der Waals surface area contributed by atoms with Crippen molar-refractivity contribution in [1.29, 1.82) is 0 Å². The summed E-state index contributed by atoms with van der Waals surface area (Å²) in [4.78, 5) is 25.1. The fourth-order valence-electron chi connectivity index (χ4n) is 3.38. The Morgan fingerprint density at radius 2 is 1.82 bits per heavy atom. The minimum Gasteiger partial charge on any atom is -0.465 e. The minimum absolute atomic E-state index is 0.170. The number of nitrogens with one attached hydrogen (secondary N) is 1. The van der Waals surface area contributed by atoms with Gasteiger partial charge in [-0.3, -0.25) is 9.69 Å². The molecule has 148 valence electrons. The maximum absolute atomic E-state index is 12.2. The van der Waals surface area contributed by atoms with Crippen molar-refractivity contribution < 1.29 is 19.4 Å². The maximum Gasteiger partial charge on any atom is 0.409 e. The van der Waals surface area contributed by atoms with Gasteiger partial charge in [-0.25, -0.2) is 4.79 Å². The third-order valence-electron chi connectivity index (χ3n) is 4.86. The Bertz CT molecular complexity index is 850. The van der Waals surface area contributed by atoms with Gasteiger partial charge in [0.2, 0.25) is 0 Å². The first kappa shape index (κ1) is 20.2. The molecule has 0 aliphatic carbocycles. The molecular weight excluding hydrogens is 380 g/mol. The quantitative estimate of drug-likeness (QED) is 0.763. The zero-order chi connectivity index (χ0) is 20.3. The van der Waals surface area contributed by atoms with Crippen LogP contribution in [-0.4, -0.2) is 40.4 Å². The highest BCUT2D eigenvalue weighted by Gasteiger charge is 2.43. The van der Waals surface area contributed by atoms with Crippen LogP contribution in [0.3, 0.4) is 0 Å². The molecule has 0 aromatic heterocycles. The normalized spacial score (nSPS) is 18.1. The first-order valence-electron chi connectivity index (χ1n) is 9.08. The van der Waals surface area contributed by atoms with Crippen LogP contribution in [0.15, 0.2) is 48.5 Å². The summed E-state index contributed by atoms with van der Waals surface area (Å²) in [5.41, 5.74) is 1.50. The van der Waals surface area contributed by atoms with Crippen molar-refractivity contribution in [3.05, 3.63) is 64.7 Å². The molecule has 2 amide bonds. The van der Waals surface area contributed by atoms with Gasteiger partial charge >= 0.3 is 6.09 Å². The van der Waals surface area contributed by atoms with Gasteiger partial charge in [0, 0.05) is 16.3 Å². The number of carbonyl (C=O) groups excluding carboxylic acids is 1. The first-order valence-corrected chi connectivity index (χ1v) is 9.46. The van der Waals surface area contributed by atoms with E-state index in [1.165, 1.54) is 4.90 Å². The molecule has 1 heterocycles. The second-order valence-electron chi connectivity index (χ2n) is 7.26. The third-order valence-corrected chi connectivity index (χ3v) is 5.12. The number of amides is 2. The monoisotopic (exact) mass is 402 g/mol. The molecule has 28 heavy (non-hydrogen) atoms. The summed E-state index contributed by atoms with van der Waals surface area (Å²) in [5.74, 6) is -0.202. The number of hydrogen-bond donors (Lipinski definition) is 2. The Labute approximate surface area is 169 Å². The van der Waals surface area contributed by atoms with Crippen LogP contribution >= 0.6 is 11.6 Å². The van der Waals surface area contributed by atoms with E-state index < -0.39 is 11.8 Å². The van der Waals surface area contributed by atoms with Crippen molar-refractivity contribution >= 4 is 29.3 Å². The molecule has 1 aliphatic rings. The Morgan fingerprint density at radius 3 is 2.43 bits per heavy atom. The maximum atomic E-state index is 12.2. The molecule has 0 unspecified atom stereocenters. The molecule has 0 saturated carbocycles. The van der Waals surface area contributed by atoms with Gasteiger partial charge < -0.3 is 15.2 Å². The van der Waals surface area contributed by atoms with Gasteiger partial charge in [0.05, 0.1) is 12.6 Å². The lowest BCUT2D eigenvalue weighted by atomic mass is 10.0. The number of carboxylic acid groups (broad SMARTS) is 1. The Morgan fingerprint density at radius 1 is 1.18 bits per heavy atom. The van der Waals surface area contributed by atoms with E-state index in [4.69, 9.17) is 16.3 Å². The predicted octanol–water partition coefficient (Wildman–Crippen LogP) is 4.64. The average molecular weight is 403 g/mol. The lowest BCUT2D eigenvalue weighted by molar-refractivity contribution is -0.0421. The van der Waals surface area contributed by atoms with E-state index in [1.54, 1.807) is 38.1 Å². The number of hydrogen-bond acceptors (Lipinski definition) is 3. The van der Waals surface area contributed by atoms with Crippen molar-refractivity contribution in [3.63, 3.8) is 0 Å². The molecule has 2 N–H and O–H groups in total. The lowest BCUT2D eigenvalue weighted by Crippen LogP contribution is -2.47. The molecule has 0 spiro atoms. The van der Waals surface area contributed by atoms with Gasteiger partial charge in [-0.05, 0) is 68.7 Å². The number of nitrogens with zero attached hydrogens (tertiary/aromatic N) is 1. The van der Waals surface area contributed by atoms with Gasteiger partial charge in [-0.1, -0.05) is 23.7 Å². The van der Waals surface area contributed by atoms with Crippen molar-refractivity contribution in [2.45, 2.75) is 38.5 Å². The highest BCUT2D eigenvalue weighted by Crippen LogP contribution is 2.29. The van der Waals surface area contributed by atoms with E-state index in [9.17, 15) is 14.7 Å². The summed E-state index contributed by atoms with van der Waals surface area (Å²) in [6, 6.07) is 14.1. The number of ether oxygens (including phenoxy) is 1. The average Bonchev–Trinajstić information content (AvgIpc) is 2.96. The number of anilines is 1. The SMILES string of the molecule is CC1(C)OC[C@H](CCc2ccc(NC(=O)c3ccc(Cl)cc3)cc2)N1C(=O)O. The number of benzene rings is 2. The predicted molar refractivity (Wildman–Crippen MR) is 108 cm³/mol. The summed E-state index contributed by atoms with van der Waals surface area (Å²) in [5, 5.41) is 12.9. The van der Waals surface area contributed by atoms with Crippen molar-refractivity contribution in [1.82, 2.24) is 4.90 Å². The zero-order valence-electron chi connectivity index (χ0n) is 15.8. The third kappa shape index (κ3) is 4.64. The van der Waals surface area contributed by atoms with Crippen molar-refractivity contribution in [3.8, 4) is 0 Å². The number of carbonyl (C=O) groups is 2. The molecule has 6 nitrogen and oxygen atoms in total. The second-order valence-corrected chi connectivity index (χ2v) is 7.70. The fraction of sp³-hybridized carbons (Fsp3) is 0.333. The Balaban J connectivity index is 1.57. The van der Waals surface area contributed by atoms with Crippen LogP contribution in [0.1, 0.15) is 36.2 Å². The van der Waals surface area contributed by atoms with E-state index in [2.05, 4.69) is 5.32 Å². The van der Waals surface area contributed by atoms with Crippen molar-refractivity contribution in [2.24, 2.45) is 0 Å². The van der Waals surface area contributed by atoms with Crippen LogP contribution in [0.5, 0.6) is 0 Å². The highest BCUT2D eigenvalue weighted by atomic mass is 35.5. The van der Waals surface area contributed by atoms with E-state index >= 15 is 0 Å².